The highest BCUT2D eigenvalue weighted by Gasteiger charge is 2.31. The predicted octanol–water partition coefficient (Wildman–Crippen LogP) is -2.55. The second kappa shape index (κ2) is 4.51. The van der Waals surface area contributed by atoms with Crippen LogP contribution in [0, 0.1) is 0 Å². The van der Waals surface area contributed by atoms with Crippen LogP contribution in [0.25, 0.3) is 0 Å². The van der Waals surface area contributed by atoms with Gasteiger partial charge in [-0.3, -0.25) is 9.11 Å². The van der Waals surface area contributed by atoms with Gasteiger partial charge in [-0.15, -0.1) is 0 Å². The third kappa shape index (κ3) is 4.83. The van der Waals surface area contributed by atoms with E-state index < -0.39 is 43.9 Å². The van der Waals surface area contributed by atoms with Gasteiger partial charge < -0.3 is 10.8 Å². The van der Waals surface area contributed by atoms with Gasteiger partial charge in [0.1, 0.15) is 5.25 Å². The molecule has 5 N–H and O–H groups in total. The standard InChI is InChI=1S/C4H11NO7S2/c5-3(2-13(7,8)9)4(1-6)14(10,11)12/h3-4,6H,1-2,5H2,(H,7,8,9)(H,10,11,12). The Balaban J connectivity index is 4.75. The van der Waals surface area contributed by atoms with Gasteiger partial charge in [0.25, 0.3) is 20.2 Å². The monoisotopic (exact) mass is 249 g/mol. The van der Waals surface area contributed by atoms with Crippen molar-refractivity contribution in [3.63, 3.8) is 0 Å². The molecular formula is C4H11NO7S2. The third-order valence-electron chi connectivity index (χ3n) is 1.44. The summed E-state index contributed by atoms with van der Waals surface area (Å²) in [5, 5.41) is 6.70. The van der Waals surface area contributed by atoms with Crippen LogP contribution < -0.4 is 5.73 Å². The SMILES string of the molecule is NC(CS(=O)(=O)O)C(CO)S(=O)(=O)O. The molecule has 0 amide bonds. The van der Waals surface area contributed by atoms with Crippen molar-refractivity contribution in [2.24, 2.45) is 5.73 Å². The van der Waals surface area contributed by atoms with Crippen LogP contribution in [-0.4, -0.2) is 54.7 Å². The Bertz CT molecular complexity index is 370. The fourth-order valence-corrected chi connectivity index (χ4v) is 2.37. The van der Waals surface area contributed by atoms with Gasteiger partial charge in [-0.1, -0.05) is 0 Å². The number of nitrogens with two attached hydrogens (primary N) is 1. The fourth-order valence-electron chi connectivity index (χ4n) is 0.801. The topological polar surface area (TPSA) is 155 Å². The molecule has 0 bridgehead atoms. The van der Waals surface area contributed by atoms with Crippen LogP contribution in [-0.2, 0) is 20.2 Å². The highest BCUT2D eigenvalue weighted by atomic mass is 32.2. The Labute approximate surface area is 81.2 Å². The Morgan fingerprint density at radius 2 is 1.57 bits per heavy atom. The van der Waals surface area contributed by atoms with Crippen molar-refractivity contribution in [2.75, 3.05) is 12.4 Å². The molecule has 0 aromatic rings. The minimum atomic E-state index is -4.64. The molecule has 14 heavy (non-hydrogen) atoms. The lowest BCUT2D eigenvalue weighted by atomic mass is 10.2. The summed E-state index contributed by atoms with van der Waals surface area (Å²) in [6, 6.07) is -1.59. The minimum absolute atomic E-state index is 1.03. The molecule has 0 fully saturated rings. The summed E-state index contributed by atoms with van der Waals surface area (Å²) in [7, 11) is -9.09. The van der Waals surface area contributed by atoms with Crippen molar-refractivity contribution >= 4 is 20.2 Å². The van der Waals surface area contributed by atoms with Crippen molar-refractivity contribution in [3.8, 4) is 0 Å². The van der Waals surface area contributed by atoms with Gasteiger partial charge >= 0.3 is 0 Å². The van der Waals surface area contributed by atoms with Gasteiger partial charge in [0.05, 0.1) is 12.4 Å². The number of aliphatic hydroxyl groups is 1. The molecule has 0 heterocycles. The smallest absolute Gasteiger partial charge is 0.271 e. The van der Waals surface area contributed by atoms with E-state index in [9.17, 15) is 16.8 Å². The lowest BCUT2D eigenvalue weighted by molar-refractivity contribution is 0.273. The first-order valence-corrected chi connectivity index (χ1v) is 6.47. The number of rotatable bonds is 5. The van der Waals surface area contributed by atoms with Crippen molar-refractivity contribution in [3.05, 3.63) is 0 Å². The first-order valence-electron chi connectivity index (χ1n) is 3.36. The molecule has 0 spiro atoms. The predicted molar refractivity (Wildman–Crippen MR) is 46.8 cm³/mol. The van der Waals surface area contributed by atoms with Gasteiger partial charge in [0.2, 0.25) is 0 Å². The van der Waals surface area contributed by atoms with Crippen LogP contribution in [0.2, 0.25) is 0 Å². The molecule has 0 saturated carbocycles. The molecule has 0 rings (SSSR count). The summed E-state index contributed by atoms with van der Waals surface area (Å²) in [5.74, 6) is -1.06. The first-order chi connectivity index (χ1) is 6.08. The average Bonchev–Trinajstić information content (AvgIpc) is 1.79. The number of aliphatic hydroxyl groups excluding tert-OH is 1. The van der Waals surface area contributed by atoms with Crippen molar-refractivity contribution in [1.82, 2.24) is 0 Å². The van der Waals surface area contributed by atoms with E-state index in [0.717, 1.165) is 0 Å². The van der Waals surface area contributed by atoms with E-state index in [1.807, 2.05) is 0 Å². The van der Waals surface area contributed by atoms with E-state index >= 15 is 0 Å². The molecule has 0 aliphatic heterocycles. The van der Waals surface area contributed by atoms with Gasteiger partial charge in [-0.2, -0.15) is 16.8 Å². The van der Waals surface area contributed by atoms with Gasteiger partial charge in [-0.05, 0) is 0 Å². The van der Waals surface area contributed by atoms with E-state index in [1.165, 1.54) is 0 Å². The second-order valence-corrected chi connectivity index (χ2v) is 5.78. The molecule has 0 saturated heterocycles. The Morgan fingerprint density at radius 1 is 1.14 bits per heavy atom. The van der Waals surface area contributed by atoms with E-state index in [-0.39, 0.29) is 0 Å². The average molecular weight is 249 g/mol. The molecule has 0 aromatic heterocycles. The van der Waals surface area contributed by atoms with Crippen LogP contribution in [0.15, 0.2) is 0 Å². The lowest BCUT2D eigenvalue weighted by Crippen LogP contribution is -2.46. The molecule has 8 nitrogen and oxygen atoms in total. The first kappa shape index (κ1) is 13.7. The Kier molecular flexibility index (Phi) is 4.42. The molecule has 0 aromatic carbocycles. The van der Waals surface area contributed by atoms with Crippen LogP contribution in [0.3, 0.4) is 0 Å². The van der Waals surface area contributed by atoms with Crippen molar-refractivity contribution in [2.45, 2.75) is 11.3 Å². The quantitative estimate of drug-likeness (QED) is 0.388. The zero-order chi connectivity index (χ0) is 11.6. The van der Waals surface area contributed by atoms with Crippen LogP contribution >= 0.6 is 0 Å². The maximum absolute atomic E-state index is 10.5. The van der Waals surface area contributed by atoms with Crippen LogP contribution in [0.4, 0.5) is 0 Å². The van der Waals surface area contributed by atoms with Crippen LogP contribution in [0.1, 0.15) is 0 Å². The Morgan fingerprint density at radius 3 is 1.79 bits per heavy atom. The normalized spacial score (nSPS) is 17.7. The Hall–Kier alpha value is -0.260. The number of hydrogen-bond donors (Lipinski definition) is 4. The zero-order valence-electron chi connectivity index (χ0n) is 6.94. The number of hydrogen-bond acceptors (Lipinski definition) is 6. The highest BCUT2D eigenvalue weighted by Crippen LogP contribution is 2.04. The summed E-state index contributed by atoms with van der Waals surface area (Å²) >= 11 is 0. The largest absolute Gasteiger partial charge is 0.395 e. The van der Waals surface area contributed by atoms with E-state index in [4.69, 9.17) is 19.9 Å². The summed E-state index contributed by atoms with van der Waals surface area (Å²) in [4.78, 5) is 0. The van der Waals surface area contributed by atoms with E-state index in [2.05, 4.69) is 0 Å². The fraction of sp³-hybridized carbons (Fsp3) is 1.00. The molecule has 10 heteroatoms. The van der Waals surface area contributed by atoms with Gasteiger partial charge in [0.15, 0.2) is 0 Å². The van der Waals surface area contributed by atoms with Crippen molar-refractivity contribution in [1.29, 1.82) is 0 Å². The molecule has 0 aliphatic rings. The molecule has 0 aliphatic carbocycles. The summed E-state index contributed by atoms with van der Waals surface area (Å²) in [6.45, 7) is -1.03. The molecular weight excluding hydrogens is 238 g/mol. The second-order valence-electron chi connectivity index (χ2n) is 2.65. The van der Waals surface area contributed by atoms with E-state index in [0.29, 0.717) is 0 Å². The molecule has 0 radical (unpaired) electrons. The molecule has 86 valence electrons. The van der Waals surface area contributed by atoms with Gasteiger partial charge in [0, 0.05) is 6.04 Å². The molecule has 2 atom stereocenters. The highest BCUT2D eigenvalue weighted by molar-refractivity contribution is 7.87. The summed E-state index contributed by atoms with van der Waals surface area (Å²) in [5.41, 5.74) is 5.06. The third-order valence-corrected chi connectivity index (χ3v) is 3.51. The summed E-state index contributed by atoms with van der Waals surface area (Å²) < 4.78 is 58.5. The maximum atomic E-state index is 10.5. The maximum Gasteiger partial charge on any atom is 0.271 e. The molecule has 2 unspecified atom stereocenters. The summed E-state index contributed by atoms with van der Waals surface area (Å²) in [6.07, 6.45) is 0. The minimum Gasteiger partial charge on any atom is -0.395 e. The van der Waals surface area contributed by atoms with E-state index in [1.54, 1.807) is 0 Å². The lowest BCUT2D eigenvalue weighted by Gasteiger charge is -2.17. The van der Waals surface area contributed by atoms with Crippen LogP contribution in [0.5, 0.6) is 0 Å². The van der Waals surface area contributed by atoms with Gasteiger partial charge in [-0.25, -0.2) is 0 Å². The zero-order valence-corrected chi connectivity index (χ0v) is 8.57. The van der Waals surface area contributed by atoms with Crippen molar-refractivity contribution < 1.29 is 31.0 Å².